The van der Waals surface area contributed by atoms with Crippen molar-refractivity contribution in [1.82, 2.24) is 14.8 Å². The van der Waals surface area contributed by atoms with Crippen molar-refractivity contribution in [3.63, 3.8) is 0 Å². The van der Waals surface area contributed by atoms with E-state index in [1.165, 1.54) is 32.4 Å². The number of methoxy groups -OCH3 is 2. The van der Waals surface area contributed by atoms with Crippen molar-refractivity contribution in [2.24, 2.45) is 5.14 Å². The van der Waals surface area contributed by atoms with E-state index >= 15 is 0 Å². The molecule has 2 amide bonds. The number of aromatic nitrogens is 3. The van der Waals surface area contributed by atoms with Crippen molar-refractivity contribution in [2.45, 2.75) is 4.90 Å². The highest BCUT2D eigenvalue weighted by atomic mass is 32.2. The van der Waals surface area contributed by atoms with Gasteiger partial charge in [-0.3, -0.25) is 5.32 Å². The van der Waals surface area contributed by atoms with Gasteiger partial charge in [-0.2, -0.15) is 4.98 Å². The Morgan fingerprint density at radius 1 is 0.914 bits per heavy atom. The Morgan fingerprint density at radius 3 is 2.29 bits per heavy atom. The first-order valence-corrected chi connectivity index (χ1v) is 11.8. The fourth-order valence-corrected chi connectivity index (χ4v) is 4.04. The predicted molar refractivity (Wildman–Crippen MR) is 130 cm³/mol. The van der Waals surface area contributed by atoms with Crippen LogP contribution in [0.25, 0.3) is 17.1 Å². The third-order valence-corrected chi connectivity index (χ3v) is 5.89. The van der Waals surface area contributed by atoms with Gasteiger partial charge in [0.05, 0.1) is 25.6 Å². The van der Waals surface area contributed by atoms with Gasteiger partial charge in [0.1, 0.15) is 4.90 Å². The van der Waals surface area contributed by atoms with Crippen molar-refractivity contribution < 1.29 is 22.7 Å². The zero-order valence-electron chi connectivity index (χ0n) is 18.8. The van der Waals surface area contributed by atoms with Crippen LogP contribution in [0.5, 0.6) is 11.5 Å². The fraction of sp³-hybridized carbons (Fsp3) is 0.0870. The summed E-state index contributed by atoms with van der Waals surface area (Å²) in [6.07, 6.45) is 0. The molecule has 0 atom stereocenters. The Hall–Kier alpha value is -4.42. The van der Waals surface area contributed by atoms with Gasteiger partial charge in [0, 0.05) is 11.6 Å². The number of hydrogen-bond donors (Lipinski definition) is 3. The maximum atomic E-state index is 12.7. The second kappa shape index (κ2) is 9.83. The molecule has 180 valence electrons. The molecular formula is C23H22N6O5S. The minimum atomic E-state index is -4.04. The van der Waals surface area contributed by atoms with Crippen molar-refractivity contribution in [1.29, 1.82) is 0 Å². The number of benzene rings is 3. The number of sulfonamides is 1. The Labute approximate surface area is 201 Å². The number of carbonyl (C=O) groups is 1. The standard InChI is InChI=1S/C23H22N6O5S/c1-33-18-13-12-16(14-19(18)34-2)29-21(15-8-4-3-5-9-15)26-22(28-29)27-23(30)25-17-10-6-7-11-20(17)35(24,31)32/h3-14H,1-2H3,(H2,24,31,32)(H2,25,27,28,30). The summed E-state index contributed by atoms with van der Waals surface area (Å²) in [7, 11) is -0.975. The zero-order valence-corrected chi connectivity index (χ0v) is 19.6. The van der Waals surface area contributed by atoms with Gasteiger partial charge in [-0.25, -0.2) is 23.0 Å². The lowest BCUT2D eigenvalue weighted by atomic mass is 10.2. The summed E-state index contributed by atoms with van der Waals surface area (Å²) in [5.41, 5.74) is 1.39. The Bertz CT molecular complexity index is 1470. The highest BCUT2D eigenvalue weighted by Gasteiger charge is 2.19. The van der Waals surface area contributed by atoms with Gasteiger partial charge >= 0.3 is 6.03 Å². The number of nitrogens with zero attached hydrogens (tertiary/aromatic N) is 3. The number of hydrogen-bond acceptors (Lipinski definition) is 7. The summed E-state index contributed by atoms with van der Waals surface area (Å²) < 4.78 is 35.9. The molecule has 0 aliphatic carbocycles. The number of urea groups is 1. The van der Waals surface area contributed by atoms with E-state index in [2.05, 4.69) is 20.7 Å². The summed E-state index contributed by atoms with van der Waals surface area (Å²) in [6, 6.07) is 19.6. The molecule has 0 radical (unpaired) electrons. The van der Waals surface area contributed by atoms with Crippen LogP contribution in [0.1, 0.15) is 0 Å². The van der Waals surface area contributed by atoms with Crippen LogP contribution in [-0.4, -0.2) is 43.4 Å². The van der Waals surface area contributed by atoms with E-state index in [0.717, 1.165) is 5.56 Å². The lowest BCUT2D eigenvalue weighted by Gasteiger charge is -2.11. The summed E-state index contributed by atoms with van der Waals surface area (Å²) in [5.74, 6) is 1.48. The first-order chi connectivity index (χ1) is 16.8. The summed E-state index contributed by atoms with van der Waals surface area (Å²) in [5, 5.41) is 14.7. The number of primary sulfonamides is 1. The second-order valence-electron chi connectivity index (χ2n) is 7.20. The van der Waals surface area contributed by atoms with Crippen LogP contribution in [-0.2, 0) is 10.0 Å². The second-order valence-corrected chi connectivity index (χ2v) is 8.73. The number of carbonyl (C=O) groups excluding carboxylic acids is 1. The molecule has 0 aliphatic rings. The van der Waals surface area contributed by atoms with Gasteiger partial charge in [0.25, 0.3) is 5.95 Å². The zero-order chi connectivity index (χ0) is 25.0. The smallest absolute Gasteiger partial charge is 0.326 e. The molecule has 12 heteroatoms. The van der Waals surface area contributed by atoms with Crippen LogP contribution in [0.15, 0.2) is 77.7 Å². The molecule has 0 aliphatic heterocycles. The summed E-state index contributed by atoms with van der Waals surface area (Å²) in [4.78, 5) is 16.9. The largest absolute Gasteiger partial charge is 0.493 e. The fourth-order valence-electron chi connectivity index (χ4n) is 3.35. The third-order valence-electron chi connectivity index (χ3n) is 4.92. The number of anilines is 2. The van der Waals surface area contributed by atoms with Gasteiger partial charge < -0.3 is 14.8 Å². The van der Waals surface area contributed by atoms with Crippen molar-refractivity contribution >= 4 is 27.7 Å². The van der Waals surface area contributed by atoms with Crippen LogP contribution in [0.2, 0.25) is 0 Å². The monoisotopic (exact) mass is 494 g/mol. The maximum Gasteiger partial charge on any atom is 0.326 e. The summed E-state index contributed by atoms with van der Waals surface area (Å²) >= 11 is 0. The van der Waals surface area contributed by atoms with Crippen LogP contribution < -0.4 is 25.2 Å². The molecule has 3 aromatic carbocycles. The van der Waals surface area contributed by atoms with Crippen LogP contribution in [0, 0.1) is 0 Å². The molecule has 1 aromatic heterocycles. The SMILES string of the molecule is COc1ccc(-n2nc(NC(=O)Nc3ccccc3S(N)(=O)=O)nc2-c2ccccc2)cc1OC. The molecule has 0 fully saturated rings. The van der Waals surface area contributed by atoms with Crippen molar-refractivity contribution in [3.8, 4) is 28.6 Å². The lowest BCUT2D eigenvalue weighted by molar-refractivity contribution is 0.262. The minimum absolute atomic E-state index is 0.00998. The van der Waals surface area contributed by atoms with Crippen LogP contribution in [0.3, 0.4) is 0 Å². The van der Waals surface area contributed by atoms with E-state index in [9.17, 15) is 13.2 Å². The summed E-state index contributed by atoms with van der Waals surface area (Å²) in [6.45, 7) is 0. The van der Waals surface area contributed by atoms with Gasteiger partial charge in [-0.15, -0.1) is 5.10 Å². The number of rotatable bonds is 7. The Balaban J connectivity index is 1.69. The Morgan fingerprint density at radius 2 is 1.60 bits per heavy atom. The first kappa shape index (κ1) is 23.7. The van der Waals surface area contributed by atoms with E-state index in [4.69, 9.17) is 14.6 Å². The van der Waals surface area contributed by atoms with E-state index in [0.29, 0.717) is 23.0 Å². The highest BCUT2D eigenvalue weighted by molar-refractivity contribution is 7.89. The maximum absolute atomic E-state index is 12.7. The van der Waals surface area contributed by atoms with E-state index < -0.39 is 16.1 Å². The molecule has 0 bridgehead atoms. The molecule has 0 unspecified atom stereocenters. The highest BCUT2D eigenvalue weighted by Crippen LogP contribution is 2.31. The van der Waals surface area contributed by atoms with E-state index in [-0.39, 0.29) is 16.5 Å². The molecule has 11 nitrogen and oxygen atoms in total. The molecule has 4 aromatic rings. The van der Waals surface area contributed by atoms with Crippen LogP contribution in [0.4, 0.5) is 16.4 Å². The molecule has 0 spiro atoms. The number of amides is 2. The molecule has 0 saturated carbocycles. The van der Waals surface area contributed by atoms with Crippen molar-refractivity contribution in [3.05, 3.63) is 72.8 Å². The van der Waals surface area contributed by atoms with Gasteiger partial charge in [0.15, 0.2) is 17.3 Å². The van der Waals surface area contributed by atoms with Gasteiger partial charge in [-0.1, -0.05) is 42.5 Å². The quantitative estimate of drug-likeness (QED) is 0.357. The van der Waals surface area contributed by atoms with E-state index in [1.807, 2.05) is 30.3 Å². The molecular weight excluding hydrogens is 472 g/mol. The molecule has 0 saturated heterocycles. The molecule has 35 heavy (non-hydrogen) atoms. The first-order valence-electron chi connectivity index (χ1n) is 10.2. The predicted octanol–water partition coefficient (Wildman–Crippen LogP) is 3.24. The number of nitrogens with one attached hydrogen (secondary N) is 2. The van der Waals surface area contributed by atoms with Gasteiger partial charge in [0.2, 0.25) is 10.0 Å². The van der Waals surface area contributed by atoms with Crippen LogP contribution >= 0.6 is 0 Å². The average Bonchev–Trinajstić information content (AvgIpc) is 3.27. The van der Waals surface area contributed by atoms with Gasteiger partial charge in [-0.05, 0) is 24.3 Å². The Kier molecular flexibility index (Phi) is 6.66. The molecule has 1 heterocycles. The lowest BCUT2D eigenvalue weighted by Crippen LogP contribution is -2.23. The number of ether oxygens (including phenoxy) is 2. The van der Waals surface area contributed by atoms with Crippen molar-refractivity contribution in [2.75, 3.05) is 24.9 Å². The average molecular weight is 495 g/mol. The molecule has 4 rings (SSSR count). The minimum Gasteiger partial charge on any atom is -0.493 e. The molecule has 4 N–H and O–H groups in total. The number of para-hydroxylation sites is 1. The van der Waals surface area contributed by atoms with E-state index in [1.54, 1.807) is 28.9 Å². The topological polar surface area (TPSA) is 150 Å². The number of nitrogens with two attached hydrogens (primary N) is 1. The third kappa shape index (κ3) is 5.23. The normalized spacial score (nSPS) is 11.1.